The Morgan fingerprint density at radius 3 is 2.24 bits per heavy atom. The third-order valence-electron chi connectivity index (χ3n) is 7.97. The Hall–Kier alpha value is -3.35. The van der Waals surface area contributed by atoms with E-state index in [1.54, 1.807) is 0 Å². The Kier molecular flexibility index (Phi) is 5.58. The summed E-state index contributed by atoms with van der Waals surface area (Å²) in [5, 5.41) is 12.5. The van der Waals surface area contributed by atoms with Crippen LogP contribution in [-0.4, -0.2) is 52.7 Å². The maximum Gasteiger partial charge on any atom is 0.407 e. The maximum atomic E-state index is 13.4. The molecule has 2 heterocycles. The van der Waals surface area contributed by atoms with Crippen LogP contribution in [0.2, 0.25) is 0 Å². The van der Waals surface area contributed by atoms with Crippen LogP contribution in [-0.2, 0) is 14.3 Å². The average Bonchev–Trinajstić information content (AvgIpc) is 3.49. The van der Waals surface area contributed by atoms with Gasteiger partial charge in [-0.1, -0.05) is 68.8 Å². The molecule has 2 aliphatic heterocycles. The number of amides is 2. The van der Waals surface area contributed by atoms with Gasteiger partial charge in [-0.2, -0.15) is 0 Å². The highest BCUT2D eigenvalue weighted by Gasteiger charge is 2.63. The second kappa shape index (κ2) is 8.46. The van der Waals surface area contributed by atoms with E-state index < -0.39 is 23.6 Å². The molecule has 7 nitrogen and oxygen atoms in total. The fraction of sp³-hybridized carbons (Fsp3) is 0.444. The summed E-state index contributed by atoms with van der Waals surface area (Å²) in [6, 6.07) is 15.4. The number of fused-ring (bicyclic) bond motifs is 4. The number of alkyl carbamates (subject to hydrolysis) is 1. The van der Waals surface area contributed by atoms with Crippen molar-refractivity contribution in [3.8, 4) is 11.1 Å². The van der Waals surface area contributed by atoms with E-state index in [0.29, 0.717) is 25.8 Å². The Bertz CT molecular complexity index is 1090. The van der Waals surface area contributed by atoms with Crippen molar-refractivity contribution in [3.05, 3.63) is 59.7 Å². The first-order chi connectivity index (χ1) is 16.4. The quantitative estimate of drug-likeness (QED) is 0.648. The molecular formula is C27H30N2O5. The monoisotopic (exact) mass is 462 g/mol. The minimum absolute atomic E-state index is 0.0722. The summed E-state index contributed by atoms with van der Waals surface area (Å²) in [6.07, 6.45) is 0.993. The fourth-order valence-electron chi connectivity index (χ4n) is 5.89. The summed E-state index contributed by atoms with van der Waals surface area (Å²) in [7, 11) is 0. The van der Waals surface area contributed by atoms with Crippen molar-refractivity contribution in [2.24, 2.45) is 11.8 Å². The smallest absolute Gasteiger partial charge is 0.407 e. The highest BCUT2D eigenvalue weighted by atomic mass is 16.5. The van der Waals surface area contributed by atoms with Crippen LogP contribution in [0.1, 0.15) is 50.2 Å². The first kappa shape index (κ1) is 22.4. The van der Waals surface area contributed by atoms with Crippen molar-refractivity contribution in [2.75, 3.05) is 13.2 Å². The second-order valence-corrected chi connectivity index (χ2v) is 9.89. The van der Waals surface area contributed by atoms with Crippen molar-refractivity contribution in [2.45, 2.75) is 50.6 Å². The van der Waals surface area contributed by atoms with Crippen molar-refractivity contribution >= 4 is 18.0 Å². The van der Waals surface area contributed by atoms with Gasteiger partial charge in [0.25, 0.3) is 0 Å². The lowest BCUT2D eigenvalue weighted by atomic mass is 9.73. The van der Waals surface area contributed by atoms with Gasteiger partial charge >= 0.3 is 12.1 Å². The number of carbonyl (C=O) groups is 3. The number of ether oxygens (including phenoxy) is 1. The van der Waals surface area contributed by atoms with Gasteiger partial charge in [0.15, 0.2) is 0 Å². The van der Waals surface area contributed by atoms with Crippen LogP contribution < -0.4 is 5.32 Å². The summed E-state index contributed by atoms with van der Waals surface area (Å²) in [5.74, 6) is -1.29. The molecule has 6 rings (SSSR count). The van der Waals surface area contributed by atoms with E-state index in [0.717, 1.165) is 22.3 Å². The van der Waals surface area contributed by atoms with Gasteiger partial charge in [-0.25, -0.2) is 9.59 Å². The van der Waals surface area contributed by atoms with Crippen LogP contribution in [0.5, 0.6) is 0 Å². The number of carboxylic acid groups (broad SMARTS) is 1. The van der Waals surface area contributed by atoms with E-state index >= 15 is 0 Å². The van der Waals surface area contributed by atoms with E-state index in [9.17, 15) is 19.5 Å². The highest BCUT2D eigenvalue weighted by Crippen LogP contribution is 2.51. The van der Waals surface area contributed by atoms with Gasteiger partial charge in [0, 0.05) is 12.5 Å². The summed E-state index contributed by atoms with van der Waals surface area (Å²) in [6.45, 7) is 4.43. The lowest BCUT2D eigenvalue weighted by Gasteiger charge is -2.39. The summed E-state index contributed by atoms with van der Waals surface area (Å²) < 4.78 is 5.65. The lowest BCUT2D eigenvalue weighted by Crippen LogP contribution is -2.60. The topological polar surface area (TPSA) is 95.9 Å². The molecule has 4 aliphatic rings. The first-order valence-electron chi connectivity index (χ1n) is 12.0. The molecule has 2 aromatic carbocycles. The number of benzene rings is 2. The van der Waals surface area contributed by atoms with Crippen molar-refractivity contribution < 1.29 is 24.2 Å². The molecule has 34 heavy (non-hydrogen) atoms. The zero-order valence-corrected chi connectivity index (χ0v) is 19.5. The molecule has 2 bridgehead atoms. The largest absolute Gasteiger partial charge is 0.479 e. The lowest BCUT2D eigenvalue weighted by molar-refractivity contribution is -0.159. The molecule has 3 fully saturated rings. The van der Waals surface area contributed by atoms with Crippen LogP contribution in [0, 0.1) is 11.8 Å². The van der Waals surface area contributed by atoms with Crippen LogP contribution >= 0.6 is 0 Å². The van der Waals surface area contributed by atoms with Gasteiger partial charge in [0.2, 0.25) is 5.91 Å². The molecule has 0 spiro atoms. The van der Waals surface area contributed by atoms with E-state index in [1.807, 2.05) is 38.1 Å². The molecule has 1 saturated carbocycles. The van der Waals surface area contributed by atoms with Crippen LogP contribution in [0.15, 0.2) is 48.5 Å². The average molecular weight is 463 g/mol. The molecule has 2 unspecified atom stereocenters. The number of carboxylic acids is 1. The highest BCUT2D eigenvalue weighted by molar-refractivity contribution is 5.93. The summed E-state index contributed by atoms with van der Waals surface area (Å²) in [5.41, 5.74) is 3.41. The first-order valence-corrected chi connectivity index (χ1v) is 12.0. The zero-order chi connectivity index (χ0) is 24.0. The Balaban J connectivity index is 1.29. The third kappa shape index (κ3) is 3.45. The molecule has 7 heteroatoms. The van der Waals surface area contributed by atoms with Gasteiger partial charge in [-0.15, -0.1) is 0 Å². The summed E-state index contributed by atoms with van der Waals surface area (Å²) in [4.78, 5) is 39.6. The van der Waals surface area contributed by atoms with Crippen molar-refractivity contribution in [1.29, 1.82) is 0 Å². The van der Waals surface area contributed by atoms with Crippen molar-refractivity contribution in [1.82, 2.24) is 10.2 Å². The van der Waals surface area contributed by atoms with Gasteiger partial charge in [-0.3, -0.25) is 4.79 Å². The van der Waals surface area contributed by atoms with Crippen LogP contribution in [0.4, 0.5) is 4.79 Å². The molecule has 0 aromatic heterocycles. The van der Waals surface area contributed by atoms with Gasteiger partial charge in [0.1, 0.15) is 18.2 Å². The molecule has 2 atom stereocenters. The summed E-state index contributed by atoms with van der Waals surface area (Å²) >= 11 is 0. The van der Waals surface area contributed by atoms with E-state index in [1.165, 1.54) is 4.90 Å². The number of aliphatic carboxylic acids is 1. The third-order valence-corrected chi connectivity index (χ3v) is 7.97. The molecule has 0 radical (unpaired) electrons. The molecule has 178 valence electrons. The Labute approximate surface area is 199 Å². The Morgan fingerprint density at radius 1 is 1.09 bits per heavy atom. The maximum absolute atomic E-state index is 13.4. The minimum atomic E-state index is -1.11. The SMILES string of the molecule is CCC(C)C(NC(=O)OCC1c2ccccc2-c2ccccc21)C(=O)N1CC2CC1(C(=O)O)C2. The van der Waals surface area contributed by atoms with Crippen LogP contribution in [0.3, 0.4) is 0 Å². The minimum Gasteiger partial charge on any atom is -0.479 e. The van der Waals surface area contributed by atoms with Gasteiger partial charge < -0.3 is 20.1 Å². The molecule has 2 saturated heterocycles. The van der Waals surface area contributed by atoms with E-state index in [2.05, 4.69) is 29.6 Å². The molecule has 2 aromatic rings. The second-order valence-electron chi connectivity index (χ2n) is 9.89. The van der Waals surface area contributed by atoms with Gasteiger partial charge in [0.05, 0.1) is 0 Å². The van der Waals surface area contributed by atoms with Crippen LogP contribution in [0.25, 0.3) is 11.1 Å². The molecule has 2 aliphatic carbocycles. The predicted molar refractivity (Wildman–Crippen MR) is 126 cm³/mol. The number of hydrogen-bond donors (Lipinski definition) is 2. The molecule has 2 N–H and O–H groups in total. The molecule has 2 amide bonds. The van der Waals surface area contributed by atoms with E-state index in [-0.39, 0.29) is 30.3 Å². The normalized spacial score (nSPS) is 23.9. The van der Waals surface area contributed by atoms with Crippen molar-refractivity contribution in [3.63, 3.8) is 0 Å². The number of carbonyl (C=O) groups excluding carboxylic acids is 2. The number of nitrogens with one attached hydrogen (secondary N) is 1. The fourth-order valence-corrected chi connectivity index (χ4v) is 5.89. The van der Waals surface area contributed by atoms with E-state index in [4.69, 9.17) is 4.74 Å². The Morgan fingerprint density at radius 2 is 1.68 bits per heavy atom. The molecular weight excluding hydrogens is 432 g/mol. The number of nitrogens with zero attached hydrogens (tertiary/aromatic N) is 1. The predicted octanol–water partition coefficient (Wildman–Crippen LogP) is 4.02. The van der Waals surface area contributed by atoms with Gasteiger partial charge in [-0.05, 0) is 46.9 Å². The standard InChI is InChI=1S/C27H30N2O5/c1-3-16(2)23(24(30)29-14-17-12-27(29,13-17)25(31)32)28-26(33)34-15-22-20-10-6-4-8-18(20)19-9-5-7-11-21(19)22/h4-11,16-17,22-23H,3,12-15H2,1-2H3,(H,28,33)(H,31,32). The number of rotatable bonds is 7. The number of hydrogen-bond acceptors (Lipinski definition) is 4. The zero-order valence-electron chi connectivity index (χ0n) is 19.5.